The van der Waals surface area contributed by atoms with Crippen molar-refractivity contribution in [3.63, 3.8) is 0 Å². The average Bonchev–Trinajstić information content (AvgIpc) is 3.56. The van der Waals surface area contributed by atoms with Gasteiger partial charge in [-0.3, -0.25) is 0 Å². The first-order chi connectivity index (χ1) is 31.3. The number of aliphatic imine (C=N–C) groups is 1. The van der Waals surface area contributed by atoms with Gasteiger partial charge in [0.15, 0.2) is 0 Å². The maximum absolute atomic E-state index is 6.82. The molecule has 0 aromatic heterocycles. The molecule has 0 unspecified atom stereocenters. The van der Waals surface area contributed by atoms with E-state index in [1.807, 2.05) is 36.4 Å². The van der Waals surface area contributed by atoms with E-state index < -0.39 is 0 Å². The number of hydrogen-bond donors (Lipinski definition) is 2. The number of thiol groups is 1. The second-order valence-electron chi connectivity index (χ2n) is 17.4. The predicted molar refractivity (Wildman–Crippen MR) is 275 cm³/mol. The number of benzene rings is 10. The normalized spacial score (nSPS) is 13.4. The van der Waals surface area contributed by atoms with Gasteiger partial charge >= 0.3 is 0 Å². The van der Waals surface area contributed by atoms with Gasteiger partial charge in [0, 0.05) is 21.4 Å². The summed E-state index contributed by atoms with van der Waals surface area (Å²) in [5.74, 6) is 0.472. The van der Waals surface area contributed by atoms with Crippen molar-refractivity contribution in [3.8, 4) is 44.5 Å². The highest BCUT2D eigenvalue weighted by atomic mass is 32.1. The van der Waals surface area contributed by atoms with Gasteiger partial charge < -0.3 is 5.73 Å². The van der Waals surface area contributed by atoms with E-state index in [4.69, 9.17) is 23.4 Å². The molecule has 1 aliphatic rings. The van der Waals surface area contributed by atoms with E-state index in [1.165, 1.54) is 71.6 Å². The molecule has 0 spiro atoms. The summed E-state index contributed by atoms with van der Waals surface area (Å²) in [6.45, 7) is 4.72. The number of amidine groups is 1. The Bertz CT molecular complexity index is 3510. The zero-order valence-corrected chi connectivity index (χ0v) is 36.8. The summed E-state index contributed by atoms with van der Waals surface area (Å²) >= 11 is 4.92. The third-order valence-electron chi connectivity index (χ3n) is 13.3. The molecule has 11 rings (SSSR count). The van der Waals surface area contributed by atoms with Crippen LogP contribution in [0.4, 0.5) is 0 Å². The Labute approximate surface area is 380 Å². The van der Waals surface area contributed by atoms with Gasteiger partial charge in [-0.05, 0) is 124 Å². The number of nitrogens with zero attached hydrogens (tertiary/aromatic N) is 1. The Morgan fingerprint density at radius 1 is 0.500 bits per heavy atom. The third-order valence-corrected chi connectivity index (χ3v) is 13.7. The fraction of sp³-hybridized carbons (Fsp3) is 0.0656. The van der Waals surface area contributed by atoms with E-state index in [9.17, 15) is 0 Å². The summed E-state index contributed by atoms with van der Waals surface area (Å²) < 4.78 is 0. The zero-order chi connectivity index (χ0) is 43.4. The van der Waals surface area contributed by atoms with Crippen molar-refractivity contribution in [2.75, 3.05) is 0 Å². The molecule has 3 heteroatoms. The molecule has 10 aromatic rings. The number of rotatable bonds is 8. The topological polar surface area (TPSA) is 38.4 Å². The molecule has 0 aliphatic heterocycles. The molecule has 0 amide bonds. The van der Waals surface area contributed by atoms with Crippen molar-refractivity contribution in [2.45, 2.75) is 30.6 Å². The van der Waals surface area contributed by atoms with Crippen LogP contribution >= 0.6 is 12.6 Å². The van der Waals surface area contributed by atoms with Gasteiger partial charge in [0.1, 0.15) is 5.84 Å². The number of hydrogen-bond acceptors (Lipinski definition) is 2. The molecule has 0 heterocycles. The molecule has 0 bridgehead atoms. The first kappa shape index (κ1) is 39.4. The van der Waals surface area contributed by atoms with E-state index in [2.05, 4.69) is 190 Å². The first-order valence-corrected chi connectivity index (χ1v) is 22.5. The van der Waals surface area contributed by atoms with Gasteiger partial charge in [0.2, 0.25) is 0 Å². The zero-order valence-electron chi connectivity index (χ0n) is 35.9. The van der Waals surface area contributed by atoms with Crippen molar-refractivity contribution >= 4 is 56.5 Å². The van der Waals surface area contributed by atoms with Gasteiger partial charge in [-0.1, -0.05) is 202 Å². The van der Waals surface area contributed by atoms with Gasteiger partial charge in [0.25, 0.3) is 0 Å². The summed E-state index contributed by atoms with van der Waals surface area (Å²) in [4.78, 5) is 6.15. The van der Waals surface area contributed by atoms with E-state index >= 15 is 0 Å². The fourth-order valence-corrected chi connectivity index (χ4v) is 10.4. The molecule has 10 aromatic carbocycles. The van der Waals surface area contributed by atoms with Crippen LogP contribution in [-0.2, 0) is 11.8 Å². The lowest BCUT2D eigenvalue weighted by atomic mass is 9.81. The first-order valence-electron chi connectivity index (χ1n) is 22.0. The Morgan fingerprint density at radius 3 is 1.81 bits per heavy atom. The van der Waals surface area contributed by atoms with Crippen LogP contribution in [-0.4, -0.2) is 5.84 Å². The minimum atomic E-state index is -0.0807. The van der Waals surface area contributed by atoms with E-state index in [1.54, 1.807) is 0 Å². The maximum atomic E-state index is 6.82. The molecular formula is C61H46N2S. The summed E-state index contributed by atoms with van der Waals surface area (Å²) in [7, 11) is 0. The van der Waals surface area contributed by atoms with Gasteiger partial charge in [-0.2, -0.15) is 0 Å². The average molecular weight is 839 g/mol. The molecule has 0 fully saturated rings. The van der Waals surface area contributed by atoms with Gasteiger partial charge in [-0.25, -0.2) is 4.99 Å². The molecule has 0 saturated carbocycles. The number of nitrogens with two attached hydrogens (primary N) is 1. The quantitative estimate of drug-likeness (QED) is 0.0893. The summed E-state index contributed by atoms with van der Waals surface area (Å²) in [6, 6.07) is 74.1. The van der Waals surface area contributed by atoms with Crippen LogP contribution in [0.1, 0.15) is 41.7 Å². The van der Waals surface area contributed by atoms with E-state index in [0.717, 1.165) is 43.6 Å². The standard InChI is InChI=1S/C61H46N2S/c1-61(2)55-34-28-44(37-53(55)54-36-42-20-9-10-21-43(42)38-56(54)61)45-30-31-50(47-24-12-11-23-46(45)47)51-32-33-52(49-26-14-13-25-48(49)51)57(63-60(62)41-18-7-4-8-19-41)35-29-40-22-15-27-58(64)59(40)39-16-5-3-6-17-39/h3-28,30-38,64H,29H2,1-2H3,(H2,62,63)/b57-35-. The van der Waals surface area contributed by atoms with Crippen LogP contribution in [0.3, 0.4) is 0 Å². The van der Waals surface area contributed by atoms with E-state index in [0.29, 0.717) is 12.3 Å². The van der Waals surface area contributed by atoms with Crippen molar-refractivity contribution < 1.29 is 0 Å². The minimum Gasteiger partial charge on any atom is -0.383 e. The van der Waals surface area contributed by atoms with Crippen molar-refractivity contribution in [3.05, 3.63) is 240 Å². The molecule has 0 saturated heterocycles. The lowest BCUT2D eigenvalue weighted by molar-refractivity contribution is 0.661. The minimum absolute atomic E-state index is 0.0807. The second kappa shape index (κ2) is 16.0. The number of fused-ring (bicyclic) bond motifs is 6. The Balaban J connectivity index is 1.03. The molecule has 1 aliphatic carbocycles. The smallest absolute Gasteiger partial charge is 0.131 e. The van der Waals surface area contributed by atoms with Gasteiger partial charge in [-0.15, -0.1) is 12.6 Å². The van der Waals surface area contributed by atoms with Crippen LogP contribution < -0.4 is 5.73 Å². The Kier molecular flexibility index (Phi) is 9.86. The molecule has 0 atom stereocenters. The summed E-state index contributed by atoms with van der Waals surface area (Å²) in [6.07, 6.45) is 2.86. The third kappa shape index (κ3) is 6.81. The largest absolute Gasteiger partial charge is 0.383 e. The number of allylic oxidation sites excluding steroid dienone is 1. The Morgan fingerprint density at radius 2 is 1.08 bits per heavy atom. The van der Waals surface area contributed by atoms with Crippen LogP contribution in [0.2, 0.25) is 0 Å². The second-order valence-corrected chi connectivity index (χ2v) is 17.9. The van der Waals surface area contributed by atoms with Crippen LogP contribution in [0.15, 0.2) is 222 Å². The summed E-state index contributed by atoms with van der Waals surface area (Å²) in [5.41, 5.74) is 23.1. The maximum Gasteiger partial charge on any atom is 0.131 e. The van der Waals surface area contributed by atoms with E-state index in [-0.39, 0.29) is 5.41 Å². The van der Waals surface area contributed by atoms with Crippen molar-refractivity contribution in [2.24, 2.45) is 10.7 Å². The SMILES string of the molecule is CC1(C)c2ccc(-c3ccc(-c4ccc(/C(=C/Cc5cccc(S)c5-c5ccccc5)N=C(N)c5ccccc5)c5ccccc45)c4ccccc34)cc2-c2cc3ccccc3cc21. The molecular weight excluding hydrogens is 793 g/mol. The highest BCUT2D eigenvalue weighted by Crippen LogP contribution is 2.51. The monoisotopic (exact) mass is 838 g/mol. The Hall–Kier alpha value is -7.46. The lowest BCUT2D eigenvalue weighted by Gasteiger charge is -2.22. The molecule has 2 N–H and O–H groups in total. The van der Waals surface area contributed by atoms with Gasteiger partial charge in [0.05, 0.1) is 5.70 Å². The highest BCUT2D eigenvalue weighted by Gasteiger charge is 2.36. The summed E-state index contributed by atoms with van der Waals surface area (Å²) in [5, 5.41) is 7.28. The molecule has 0 radical (unpaired) electrons. The fourth-order valence-electron chi connectivity index (χ4n) is 10.1. The molecule has 64 heavy (non-hydrogen) atoms. The van der Waals surface area contributed by atoms with Crippen LogP contribution in [0.5, 0.6) is 0 Å². The molecule has 306 valence electrons. The molecule has 2 nitrogen and oxygen atoms in total. The van der Waals surface area contributed by atoms with Crippen molar-refractivity contribution in [1.82, 2.24) is 0 Å². The van der Waals surface area contributed by atoms with Crippen LogP contribution in [0.25, 0.3) is 82.5 Å². The van der Waals surface area contributed by atoms with Crippen LogP contribution in [0, 0.1) is 0 Å². The predicted octanol–water partition coefficient (Wildman–Crippen LogP) is 15.7. The van der Waals surface area contributed by atoms with Crippen molar-refractivity contribution in [1.29, 1.82) is 0 Å². The highest BCUT2D eigenvalue weighted by molar-refractivity contribution is 7.80. The lowest BCUT2D eigenvalue weighted by Crippen LogP contribution is -2.14.